The van der Waals surface area contributed by atoms with Crippen LogP contribution in [0.25, 0.3) is 0 Å². The minimum atomic E-state index is -0.821. The zero-order valence-corrected chi connectivity index (χ0v) is 11.6. The molecule has 0 aromatic heterocycles. The van der Waals surface area contributed by atoms with Crippen molar-refractivity contribution in [2.45, 2.75) is 65.0 Å². The summed E-state index contributed by atoms with van der Waals surface area (Å²) in [6, 6.07) is 0.174. The first-order chi connectivity index (χ1) is 7.92. The molecule has 0 fully saturated rings. The van der Waals surface area contributed by atoms with Gasteiger partial charge in [-0.2, -0.15) is 0 Å². The van der Waals surface area contributed by atoms with E-state index in [1.165, 1.54) is 0 Å². The summed E-state index contributed by atoms with van der Waals surface area (Å²) in [6.45, 7) is 9.28. The van der Waals surface area contributed by atoms with Crippen LogP contribution in [0.2, 0.25) is 0 Å². The van der Waals surface area contributed by atoms with Crippen LogP contribution < -0.4 is 5.32 Å². The van der Waals surface area contributed by atoms with Gasteiger partial charge in [0, 0.05) is 19.3 Å². The summed E-state index contributed by atoms with van der Waals surface area (Å²) in [7, 11) is 0. The SMILES string of the molecule is CCCOCCCCC(C)(NC(C)C)C(=O)O. The first kappa shape index (κ1) is 16.4. The smallest absolute Gasteiger partial charge is 0.323 e. The van der Waals surface area contributed by atoms with Gasteiger partial charge in [0.1, 0.15) is 5.54 Å². The van der Waals surface area contributed by atoms with E-state index in [-0.39, 0.29) is 6.04 Å². The van der Waals surface area contributed by atoms with Crippen LogP contribution >= 0.6 is 0 Å². The molecule has 0 amide bonds. The van der Waals surface area contributed by atoms with Gasteiger partial charge in [-0.05, 0) is 46.5 Å². The largest absolute Gasteiger partial charge is 0.480 e. The highest BCUT2D eigenvalue weighted by atomic mass is 16.5. The highest BCUT2D eigenvalue weighted by molar-refractivity contribution is 5.78. The highest BCUT2D eigenvalue weighted by Gasteiger charge is 2.32. The van der Waals surface area contributed by atoms with Crippen LogP contribution in [0.5, 0.6) is 0 Å². The Balaban J connectivity index is 3.89. The number of rotatable bonds is 10. The van der Waals surface area contributed by atoms with E-state index < -0.39 is 11.5 Å². The average molecular weight is 245 g/mol. The topological polar surface area (TPSA) is 58.6 Å². The molecule has 0 saturated carbocycles. The Morgan fingerprint density at radius 3 is 2.47 bits per heavy atom. The number of unbranched alkanes of at least 4 members (excludes halogenated alkanes) is 1. The second kappa shape index (κ2) is 8.48. The predicted octanol–water partition coefficient (Wildman–Crippen LogP) is 2.42. The van der Waals surface area contributed by atoms with Gasteiger partial charge in [-0.25, -0.2) is 0 Å². The van der Waals surface area contributed by atoms with Crippen molar-refractivity contribution in [3.05, 3.63) is 0 Å². The van der Waals surface area contributed by atoms with Gasteiger partial charge in [-0.3, -0.25) is 10.1 Å². The van der Waals surface area contributed by atoms with Crippen LogP contribution in [0.4, 0.5) is 0 Å². The molecule has 17 heavy (non-hydrogen) atoms. The van der Waals surface area contributed by atoms with Crippen molar-refractivity contribution >= 4 is 5.97 Å². The molecule has 0 aliphatic carbocycles. The van der Waals surface area contributed by atoms with Gasteiger partial charge < -0.3 is 9.84 Å². The molecule has 0 rings (SSSR count). The predicted molar refractivity (Wildman–Crippen MR) is 69.3 cm³/mol. The molecule has 0 aliphatic rings. The molecule has 2 N–H and O–H groups in total. The van der Waals surface area contributed by atoms with Crippen LogP contribution in [0, 0.1) is 0 Å². The van der Waals surface area contributed by atoms with E-state index in [0.717, 1.165) is 32.5 Å². The number of nitrogens with one attached hydrogen (secondary N) is 1. The Bertz CT molecular complexity index is 219. The minimum Gasteiger partial charge on any atom is -0.480 e. The molecule has 4 nitrogen and oxygen atoms in total. The van der Waals surface area contributed by atoms with Gasteiger partial charge >= 0.3 is 5.97 Å². The molecule has 0 radical (unpaired) electrons. The zero-order chi connectivity index (χ0) is 13.3. The van der Waals surface area contributed by atoms with E-state index in [0.29, 0.717) is 6.42 Å². The minimum absolute atomic E-state index is 0.174. The van der Waals surface area contributed by atoms with E-state index in [4.69, 9.17) is 4.74 Å². The average Bonchev–Trinajstić information content (AvgIpc) is 2.22. The van der Waals surface area contributed by atoms with Gasteiger partial charge in [-0.1, -0.05) is 6.92 Å². The lowest BCUT2D eigenvalue weighted by molar-refractivity contribution is -0.144. The summed E-state index contributed by atoms with van der Waals surface area (Å²) in [5, 5.41) is 12.3. The van der Waals surface area contributed by atoms with Crippen molar-refractivity contribution in [2.75, 3.05) is 13.2 Å². The number of hydrogen-bond donors (Lipinski definition) is 2. The Labute approximate surface area is 105 Å². The zero-order valence-electron chi connectivity index (χ0n) is 11.6. The maximum absolute atomic E-state index is 11.2. The molecule has 0 aromatic carbocycles. The van der Waals surface area contributed by atoms with Crippen molar-refractivity contribution in [3.8, 4) is 0 Å². The number of hydrogen-bond acceptors (Lipinski definition) is 3. The van der Waals surface area contributed by atoms with Crippen LogP contribution in [0.3, 0.4) is 0 Å². The monoisotopic (exact) mass is 245 g/mol. The summed E-state index contributed by atoms with van der Waals surface area (Å²) >= 11 is 0. The summed E-state index contributed by atoms with van der Waals surface area (Å²) in [5.74, 6) is -0.777. The van der Waals surface area contributed by atoms with Crippen molar-refractivity contribution in [1.29, 1.82) is 0 Å². The lowest BCUT2D eigenvalue weighted by Crippen LogP contribution is -2.52. The fourth-order valence-corrected chi connectivity index (χ4v) is 1.81. The van der Waals surface area contributed by atoms with E-state index in [2.05, 4.69) is 12.2 Å². The van der Waals surface area contributed by atoms with Crippen molar-refractivity contribution < 1.29 is 14.6 Å². The number of ether oxygens (including phenoxy) is 1. The molecule has 0 heterocycles. The van der Waals surface area contributed by atoms with E-state index in [1.54, 1.807) is 6.92 Å². The molecule has 0 saturated heterocycles. The second-order valence-electron chi connectivity index (χ2n) is 5.01. The van der Waals surface area contributed by atoms with E-state index in [1.807, 2.05) is 13.8 Å². The quantitative estimate of drug-likeness (QED) is 0.580. The third-order valence-corrected chi connectivity index (χ3v) is 2.64. The van der Waals surface area contributed by atoms with Crippen LogP contribution in [-0.2, 0) is 9.53 Å². The maximum Gasteiger partial charge on any atom is 0.323 e. The highest BCUT2D eigenvalue weighted by Crippen LogP contribution is 2.15. The standard InChI is InChI=1S/C13H27NO3/c1-5-9-17-10-7-6-8-13(4,12(15)16)14-11(2)3/h11,14H,5-10H2,1-4H3,(H,15,16). The molecule has 0 bridgehead atoms. The van der Waals surface area contributed by atoms with Gasteiger partial charge in [0.2, 0.25) is 0 Å². The lowest BCUT2D eigenvalue weighted by Gasteiger charge is -2.28. The first-order valence-electron chi connectivity index (χ1n) is 6.51. The molecule has 1 atom stereocenters. The number of carboxylic acids is 1. The third-order valence-electron chi connectivity index (χ3n) is 2.64. The Morgan fingerprint density at radius 1 is 1.35 bits per heavy atom. The molecular weight excluding hydrogens is 218 g/mol. The molecule has 0 aliphatic heterocycles. The summed E-state index contributed by atoms with van der Waals surface area (Å²) in [5.41, 5.74) is -0.821. The summed E-state index contributed by atoms with van der Waals surface area (Å²) in [4.78, 5) is 11.2. The van der Waals surface area contributed by atoms with Crippen LogP contribution in [-0.4, -0.2) is 35.9 Å². The van der Waals surface area contributed by atoms with Crippen LogP contribution in [0.1, 0.15) is 53.4 Å². The summed E-state index contributed by atoms with van der Waals surface area (Å²) in [6.07, 6.45) is 3.45. The van der Waals surface area contributed by atoms with Crippen molar-refractivity contribution in [1.82, 2.24) is 5.32 Å². The van der Waals surface area contributed by atoms with Crippen molar-refractivity contribution in [3.63, 3.8) is 0 Å². The number of carboxylic acid groups (broad SMARTS) is 1. The van der Waals surface area contributed by atoms with Gasteiger partial charge in [0.05, 0.1) is 0 Å². The van der Waals surface area contributed by atoms with Gasteiger partial charge in [0.15, 0.2) is 0 Å². The lowest BCUT2D eigenvalue weighted by atomic mass is 9.94. The van der Waals surface area contributed by atoms with Gasteiger partial charge in [-0.15, -0.1) is 0 Å². The van der Waals surface area contributed by atoms with Crippen LogP contribution in [0.15, 0.2) is 0 Å². The molecule has 102 valence electrons. The number of aliphatic carboxylic acids is 1. The third kappa shape index (κ3) is 7.34. The Morgan fingerprint density at radius 2 is 2.00 bits per heavy atom. The Hall–Kier alpha value is -0.610. The summed E-state index contributed by atoms with van der Waals surface area (Å²) < 4.78 is 5.37. The maximum atomic E-state index is 11.2. The molecule has 4 heteroatoms. The molecule has 0 spiro atoms. The first-order valence-corrected chi connectivity index (χ1v) is 6.51. The molecule has 0 aromatic rings. The van der Waals surface area contributed by atoms with E-state index in [9.17, 15) is 9.90 Å². The normalized spacial score (nSPS) is 14.9. The van der Waals surface area contributed by atoms with Crippen molar-refractivity contribution in [2.24, 2.45) is 0 Å². The van der Waals surface area contributed by atoms with E-state index >= 15 is 0 Å². The fourth-order valence-electron chi connectivity index (χ4n) is 1.81. The molecule has 1 unspecified atom stereocenters. The fraction of sp³-hybridized carbons (Fsp3) is 0.923. The number of carbonyl (C=O) groups is 1. The Kier molecular flexibility index (Phi) is 8.17. The molecular formula is C13H27NO3. The second-order valence-corrected chi connectivity index (χ2v) is 5.01. The van der Waals surface area contributed by atoms with Gasteiger partial charge in [0.25, 0.3) is 0 Å².